The maximum absolute atomic E-state index is 13.1. The molecule has 3 rings (SSSR count). The maximum Gasteiger partial charge on any atom is 0.265 e. The van der Waals surface area contributed by atoms with Crippen LogP contribution in [0.25, 0.3) is 0 Å². The molecule has 0 bridgehead atoms. The molecule has 0 aliphatic carbocycles. The van der Waals surface area contributed by atoms with E-state index in [-0.39, 0.29) is 23.1 Å². The third-order valence-electron chi connectivity index (χ3n) is 4.62. The topological polar surface area (TPSA) is 105 Å². The molecule has 0 radical (unpaired) electrons. The quantitative estimate of drug-likeness (QED) is 0.657. The Labute approximate surface area is 180 Å². The van der Waals surface area contributed by atoms with Crippen molar-refractivity contribution in [2.45, 2.75) is 29.7 Å². The Morgan fingerprint density at radius 2 is 2.03 bits per heavy atom. The number of sulfonamides is 1. The van der Waals surface area contributed by atoms with Crippen molar-refractivity contribution in [3.8, 4) is 5.75 Å². The van der Waals surface area contributed by atoms with Gasteiger partial charge in [-0.1, -0.05) is 6.07 Å². The smallest absolute Gasteiger partial charge is 0.265 e. The normalized spacial score (nSPS) is 15.9. The summed E-state index contributed by atoms with van der Waals surface area (Å²) in [6.45, 7) is 2.85. The molecule has 2 aromatic carbocycles. The average Bonchev–Trinajstić information content (AvgIpc) is 2.68. The summed E-state index contributed by atoms with van der Waals surface area (Å²) in [7, 11) is -2.61. The van der Waals surface area contributed by atoms with Crippen molar-refractivity contribution in [1.82, 2.24) is 4.31 Å². The third kappa shape index (κ3) is 4.61. The zero-order chi connectivity index (χ0) is 22.1. The number of likely N-dealkylation sites (N-methyl/N-ethyl adjacent to an activating group) is 1. The Hall–Kier alpha value is -2.56. The molecule has 1 aliphatic heterocycles. The number of fused-ring (bicyclic) bond motifs is 1. The molecule has 1 atom stereocenters. The summed E-state index contributed by atoms with van der Waals surface area (Å²) < 4.78 is 32.7. The van der Waals surface area contributed by atoms with E-state index < -0.39 is 22.0 Å². The number of anilines is 2. The highest BCUT2D eigenvalue weighted by molar-refractivity contribution is 7.98. The van der Waals surface area contributed by atoms with E-state index in [2.05, 4.69) is 10.6 Å². The minimum atomic E-state index is -3.96. The minimum Gasteiger partial charge on any atom is -0.479 e. The summed E-state index contributed by atoms with van der Waals surface area (Å²) in [5.41, 5.74) is 1.46. The van der Waals surface area contributed by atoms with Crippen LogP contribution in [-0.2, 0) is 19.6 Å². The Kier molecular flexibility index (Phi) is 6.39. The molecule has 30 heavy (non-hydrogen) atoms. The Balaban J connectivity index is 1.78. The number of hydrogen-bond donors (Lipinski definition) is 2. The molecule has 0 spiro atoms. The Morgan fingerprint density at radius 3 is 2.73 bits per heavy atom. The fourth-order valence-corrected chi connectivity index (χ4v) is 4.78. The molecule has 0 fully saturated rings. The van der Waals surface area contributed by atoms with Crippen molar-refractivity contribution in [2.24, 2.45) is 0 Å². The number of nitrogens with one attached hydrogen (secondary N) is 2. The number of amides is 2. The van der Waals surface area contributed by atoms with Crippen LogP contribution in [-0.4, -0.2) is 50.5 Å². The SMILES string of the molecule is CSc1cccc(NC(=O)CN(C)S(=O)(=O)c2cc3c(cc2C)NC(=O)C(C)O3)c1. The molecule has 2 N–H and O–H groups in total. The summed E-state index contributed by atoms with van der Waals surface area (Å²) in [5.74, 6) is -0.470. The first-order valence-corrected chi connectivity index (χ1v) is 11.8. The number of rotatable bonds is 6. The van der Waals surface area contributed by atoms with Crippen LogP contribution in [0.4, 0.5) is 11.4 Å². The van der Waals surface area contributed by atoms with Crippen molar-refractivity contribution in [3.63, 3.8) is 0 Å². The van der Waals surface area contributed by atoms with E-state index >= 15 is 0 Å². The third-order valence-corrected chi connectivity index (χ3v) is 7.29. The van der Waals surface area contributed by atoms with Gasteiger partial charge in [0.05, 0.1) is 17.1 Å². The van der Waals surface area contributed by atoms with E-state index in [9.17, 15) is 18.0 Å². The summed E-state index contributed by atoms with van der Waals surface area (Å²) in [6.07, 6.45) is 1.20. The van der Waals surface area contributed by atoms with E-state index in [1.54, 1.807) is 37.7 Å². The van der Waals surface area contributed by atoms with Gasteiger partial charge in [-0.15, -0.1) is 11.8 Å². The largest absolute Gasteiger partial charge is 0.479 e. The molecule has 0 aromatic heterocycles. The van der Waals surface area contributed by atoms with Crippen molar-refractivity contribution in [2.75, 3.05) is 30.5 Å². The summed E-state index contributed by atoms with van der Waals surface area (Å²) in [6, 6.07) is 10.2. The van der Waals surface area contributed by atoms with Gasteiger partial charge in [0.2, 0.25) is 15.9 Å². The number of thioether (sulfide) groups is 1. The second-order valence-electron chi connectivity index (χ2n) is 6.90. The number of hydrogen-bond acceptors (Lipinski definition) is 6. The molecule has 2 aromatic rings. The lowest BCUT2D eigenvalue weighted by atomic mass is 10.1. The van der Waals surface area contributed by atoms with E-state index in [0.717, 1.165) is 9.20 Å². The standard InChI is InChI=1S/C20H23N3O5S2/c1-12-8-16-17(28-13(2)20(25)22-16)10-18(12)30(26,27)23(3)11-19(24)21-14-6-5-7-15(9-14)29-4/h5-10,13H,11H2,1-4H3,(H,21,24)(H,22,25). The van der Waals surface area contributed by atoms with Gasteiger partial charge in [-0.3, -0.25) is 9.59 Å². The highest BCUT2D eigenvalue weighted by atomic mass is 32.2. The van der Waals surface area contributed by atoms with E-state index in [1.165, 1.54) is 13.1 Å². The molecule has 0 saturated carbocycles. The molecule has 1 unspecified atom stereocenters. The molecule has 1 aliphatic rings. The van der Waals surface area contributed by atoms with Crippen LogP contribution < -0.4 is 15.4 Å². The van der Waals surface area contributed by atoms with E-state index in [4.69, 9.17) is 4.74 Å². The molecule has 1 heterocycles. The maximum atomic E-state index is 13.1. The van der Waals surface area contributed by atoms with Gasteiger partial charge >= 0.3 is 0 Å². The molecule has 0 saturated heterocycles. The van der Waals surface area contributed by atoms with Gasteiger partial charge in [0.25, 0.3) is 5.91 Å². The van der Waals surface area contributed by atoms with Crippen LogP contribution in [0.5, 0.6) is 5.75 Å². The lowest BCUT2D eigenvalue weighted by Crippen LogP contribution is -2.36. The number of carbonyl (C=O) groups is 2. The summed E-state index contributed by atoms with van der Waals surface area (Å²) in [5, 5.41) is 5.40. The highest BCUT2D eigenvalue weighted by Crippen LogP contribution is 2.35. The number of carbonyl (C=O) groups excluding carboxylic acids is 2. The molecule has 8 nitrogen and oxygen atoms in total. The second-order valence-corrected chi connectivity index (χ2v) is 9.80. The molecule has 2 amide bonds. The van der Waals surface area contributed by atoms with Crippen molar-refractivity contribution >= 4 is 45.0 Å². The van der Waals surface area contributed by atoms with Crippen LogP contribution in [0, 0.1) is 6.92 Å². The van der Waals surface area contributed by atoms with Crippen LogP contribution in [0.1, 0.15) is 12.5 Å². The molecular formula is C20H23N3O5S2. The zero-order valence-electron chi connectivity index (χ0n) is 17.1. The number of benzene rings is 2. The van der Waals surface area contributed by atoms with Crippen LogP contribution in [0.15, 0.2) is 46.2 Å². The molecule has 160 valence electrons. The first kappa shape index (κ1) is 22.1. The fraction of sp³-hybridized carbons (Fsp3) is 0.300. The number of nitrogens with zero attached hydrogens (tertiary/aromatic N) is 1. The van der Waals surface area contributed by atoms with Crippen molar-refractivity contribution < 1.29 is 22.7 Å². The first-order valence-electron chi connectivity index (χ1n) is 9.14. The van der Waals surface area contributed by atoms with Crippen molar-refractivity contribution in [3.05, 3.63) is 42.0 Å². The predicted octanol–water partition coefficient (Wildman–Crippen LogP) is 2.70. The zero-order valence-corrected chi connectivity index (χ0v) is 18.7. The van der Waals surface area contributed by atoms with Gasteiger partial charge in [0, 0.05) is 23.7 Å². The minimum absolute atomic E-state index is 0.0179. The summed E-state index contributed by atoms with van der Waals surface area (Å²) in [4.78, 5) is 25.2. The van der Waals surface area contributed by atoms with Gasteiger partial charge in [0.1, 0.15) is 5.75 Å². The summed E-state index contributed by atoms with van der Waals surface area (Å²) >= 11 is 1.54. The van der Waals surface area contributed by atoms with Gasteiger partial charge < -0.3 is 15.4 Å². The average molecular weight is 450 g/mol. The molecular weight excluding hydrogens is 426 g/mol. The number of ether oxygens (including phenoxy) is 1. The predicted molar refractivity (Wildman–Crippen MR) is 117 cm³/mol. The lowest BCUT2D eigenvalue weighted by Gasteiger charge is -2.25. The second kappa shape index (κ2) is 8.66. The fourth-order valence-electron chi connectivity index (χ4n) is 2.98. The lowest BCUT2D eigenvalue weighted by molar-refractivity contribution is -0.122. The Bertz CT molecular complexity index is 1100. The highest BCUT2D eigenvalue weighted by Gasteiger charge is 2.30. The molecule has 10 heteroatoms. The van der Waals surface area contributed by atoms with Crippen LogP contribution >= 0.6 is 11.8 Å². The first-order chi connectivity index (χ1) is 14.1. The van der Waals surface area contributed by atoms with Crippen LogP contribution in [0.2, 0.25) is 0 Å². The van der Waals surface area contributed by atoms with Gasteiger partial charge in [-0.25, -0.2) is 8.42 Å². The Morgan fingerprint density at radius 1 is 1.30 bits per heavy atom. The van der Waals surface area contributed by atoms with Crippen molar-refractivity contribution in [1.29, 1.82) is 0 Å². The van der Waals surface area contributed by atoms with Gasteiger partial charge in [-0.2, -0.15) is 4.31 Å². The number of aryl methyl sites for hydroxylation is 1. The van der Waals surface area contributed by atoms with Gasteiger partial charge in [-0.05, 0) is 49.9 Å². The van der Waals surface area contributed by atoms with E-state index in [1.807, 2.05) is 24.5 Å². The monoisotopic (exact) mass is 449 g/mol. The van der Waals surface area contributed by atoms with Gasteiger partial charge in [0.15, 0.2) is 6.10 Å². The van der Waals surface area contributed by atoms with E-state index in [0.29, 0.717) is 16.9 Å². The van der Waals surface area contributed by atoms with Crippen LogP contribution in [0.3, 0.4) is 0 Å².